The lowest BCUT2D eigenvalue weighted by atomic mass is 10.2. The molecular weight excluding hydrogens is 330 g/mol. The first-order chi connectivity index (χ1) is 12.2. The Bertz CT molecular complexity index is 835. The zero-order chi connectivity index (χ0) is 17.5. The Hall–Kier alpha value is -2.92. The van der Waals surface area contributed by atoms with Gasteiger partial charge in [0.15, 0.2) is 0 Å². The third-order valence-electron chi connectivity index (χ3n) is 3.51. The molecule has 0 spiro atoms. The molecule has 25 heavy (non-hydrogen) atoms. The lowest BCUT2D eigenvalue weighted by molar-refractivity contribution is 0.262. The van der Waals surface area contributed by atoms with Gasteiger partial charge < -0.3 is 15.4 Å². The summed E-state index contributed by atoms with van der Waals surface area (Å²) in [5.74, 6) is 0. The third-order valence-corrected chi connectivity index (χ3v) is 4.34. The van der Waals surface area contributed by atoms with Crippen LogP contribution in [0.25, 0.3) is 0 Å². The summed E-state index contributed by atoms with van der Waals surface area (Å²) in [6, 6.07) is 25.0. The van der Waals surface area contributed by atoms with Crippen LogP contribution >= 0.6 is 11.9 Å². The van der Waals surface area contributed by atoms with Gasteiger partial charge in [-0.15, -0.1) is 0 Å². The number of aryl methyl sites for hydroxylation is 1. The van der Waals surface area contributed by atoms with Crippen molar-refractivity contribution in [2.24, 2.45) is 0 Å². The number of hydrogen-bond donors (Lipinski definition) is 3. The maximum Gasteiger partial charge on any atom is 0.323 e. The quantitative estimate of drug-likeness (QED) is 0.513. The van der Waals surface area contributed by atoms with Crippen molar-refractivity contribution in [2.45, 2.75) is 11.8 Å². The molecule has 0 bridgehead atoms. The molecule has 3 rings (SSSR count). The first-order valence-corrected chi connectivity index (χ1v) is 8.74. The lowest BCUT2D eigenvalue weighted by Gasteiger charge is -2.13. The van der Waals surface area contributed by atoms with Gasteiger partial charge in [0.1, 0.15) is 0 Å². The summed E-state index contributed by atoms with van der Waals surface area (Å²) >= 11 is 1.50. The fourth-order valence-electron chi connectivity index (χ4n) is 2.21. The Kier molecular flexibility index (Phi) is 5.59. The second kappa shape index (κ2) is 8.26. The van der Waals surface area contributed by atoms with Crippen molar-refractivity contribution in [1.82, 2.24) is 0 Å². The van der Waals surface area contributed by atoms with E-state index in [1.165, 1.54) is 11.9 Å². The number of para-hydroxylation sites is 2. The summed E-state index contributed by atoms with van der Waals surface area (Å²) < 4.78 is 3.28. The van der Waals surface area contributed by atoms with Gasteiger partial charge in [0.2, 0.25) is 0 Å². The average Bonchev–Trinajstić information content (AvgIpc) is 2.64. The zero-order valence-electron chi connectivity index (χ0n) is 13.8. The van der Waals surface area contributed by atoms with Crippen molar-refractivity contribution in [3.05, 3.63) is 84.4 Å². The number of carbonyl (C=O) groups is 1. The molecule has 0 saturated heterocycles. The third kappa shape index (κ3) is 5.02. The summed E-state index contributed by atoms with van der Waals surface area (Å²) in [7, 11) is 0. The number of hydrogen-bond acceptors (Lipinski definition) is 3. The van der Waals surface area contributed by atoms with Crippen molar-refractivity contribution in [2.75, 3.05) is 15.4 Å². The van der Waals surface area contributed by atoms with Crippen LogP contribution in [0.3, 0.4) is 0 Å². The molecule has 0 unspecified atom stereocenters. The van der Waals surface area contributed by atoms with Crippen molar-refractivity contribution in [3.8, 4) is 0 Å². The van der Waals surface area contributed by atoms with Crippen LogP contribution in [0.4, 0.5) is 21.9 Å². The van der Waals surface area contributed by atoms with Crippen molar-refractivity contribution in [3.63, 3.8) is 0 Å². The fourth-order valence-corrected chi connectivity index (χ4v) is 2.90. The van der Waals surface area contributed by atoms with E-state index in [2.05, 4.69) is 15.4 Å². The van der Waals surface area contributed by atoms with Crippen LogP contribution in [0.1, 0.15) is 5.56 Å². The fraction of sp³-hybridized carbons (Fsp3) is 0.0500. The van der Waals surface area contributed by atoms with Crippen LogP contribution in [0, 0.1) is 6.92 Å². The number of carbonyl (C=O) groups excluding carboxylic acids is 1. The Labute approximate surface area is 151 Å². The minimum Gasteiger partial charge on any atom is -0.324 e. The highest BCUT2D eigenvalue weighted by Crippen LogP contribution is 2.27. The number of rotatable bonds is 5. The largest absolute Gasteiger partial charge is 0.324 e. The van der Waals surface area contributed by atoms with Crippen LogP contribution in [-0.4, -0.2) is 6.03 Å². The van der Waals surface area contributed by atoms with Gasteiger partial charge in [-0.3, -0.25) is 0 Å². The first kappa shape index (κ1) is 16.9. The molecule has 3 aromatic rings. The summed E-state index contributed by atoms with van der Waals surface area (Å²) in [6.07, 6.45) is 0. The number of urea groups is 1. The highest BCUT2D eigenvalue weighted by Gasteiger charge is 2.07. The zero-order valence-corrected chi connectivity index (χ0v) is 14.6. The van der Waals surface area contributed by atoms with Gasteiger partial charge in [-0.2, -0.15) is 0 Å². The standard InChI is InChI=1S/C20H19N3OS/c1-15-11-13-16(14-12-15)21-20(24)22-18-9-5-6-10-19(18)23-25-17-7-3-2-4-8-17/h2-14,23H,1H3,(H2,21,22,24). The Balaban J connectivity index is 1.63. The second-order valence-corrected chi connectivity index (χ2v) is 6.39. The molecule has 5 heteroatoms. The van der Waals surface area contributed by atoms with Crippen molar-refractivity contribution >= 4 is 35.0 Å². The summed E-state index contributed by atoms with van der Waals surface area (Å²) in [6.45, 7) is 2.01. The van der Waals surface area contributed by atoms with Gasteiger partial charge in [0.25, 0.3) is 0 Å². The predicted molar refractivity (Wildman–Crippen MR) is 106 cm³/mol. The van der Waals surface area contributed by atoms with Gasteiger partial charge in [-0.25, -0.2) is 4.79 Å². The van der Waals surface area contributed by atoms with E-state index in [0.717, 1.165) is 27.5 Å². The van der Waals surface area contributed by atoms with E-state index in [1.807, 2.05) is 85.8 Å². The molecule has 4 nitrogen and oxygen atoms in total. The van der Waals surface area contributed by atoms with Crippen LogP contribution in [0.15, 0.2) is 83.8 Å². The smallest absolute Gasteiger partial charge is 0.323 e. The normalized spacial score (nSPS) is 10.1. The Morgan fingerprint density at radius 2 is 1.40 bits per heavy atom. The van der Waals surface area contributed by atoms with Crippen LogP contribution in [-0.2, 0) is 0 Å². The predicted octanol–water partition coefficient (Wildman–Crippen LogP) is 5.76. The van der Waals surface area contributed by atoms with Crippen molar-refractivity contribution in [1.29, 1.82) is 0 Å². The van der Waals surface area contributed by atoms with Gasteiger partial charge in [0, 0.05) is 10.6 Å². The maximum absolute atomic E-state index is 12.2. The van der Waals surface area contributed by atoms with Gasteiger partial charge in [-0.05, 0) is 55.3 Å². The van der Waals surface area contributed by atoms with Crippen LogP contribution in [0.2, 0.25) is 0 Å². The molecule has 0 saturated carbocycles. The molecule has 0 aliphatic carbocycles. The molecule has 3 aromatic carbocycles. The summed E-state index contributed by atoms with van der Waals surface area (Å²) in [4.78, 5) is 13.3. The van der Waals surface area contributed by atoms with Crippen LogP contribution < -0.4 is 15.4 Å². The average molecular weight is 349 g/mol. The molecule has 0 aliphatic rings. The summed E-state index contributed by atoms with van der Waals surface area (Å²) in [5, 5.41) is 5.72. The number of benzene rings is 3. The highest BCUT2D eigenvalue weighted by molar-refractivity contribution is 8.00. The van der Waals surface area contributed by atoms with E-state index in [9.17, 15) is 4.79 Å². The molecular formula is C20H19N3OS. The lowest BCUT2D eigenvalue weighted by Crippen LogP contribution is -2.19. The Morgan fingerprint density at radius 1 is 0.760 bits per heavy atom. The highest BCUT2D eigenvalue weighted by atomic mass is 32.2. The van der Waals surface area contributed by atoms with E-state index < -0.39 is 0 Å². The monoisotopic (exact) mass is 349 g/mol. The number of anilines is 3. The second-order valence-electron chi connectivity index (χ2n) is 5.51. The van der Waals surface area contributed by atoms with E-state index in [1.54, 1.807) is 0 Å². The molecule has 0 fully saturated rings. The molecule has 2 amide bonds. The minimum atomic E-state index is -0.275. The molecule has 126 valence electrons. The molecule has 0 aliphatic heterocycles. The molecule has 3 N–H and O–H groups in total. The van der Waals surface area contributed by atoms with Crippen LogP contribution in [0.5, 0.6) is 0 Å². The number of nitrogens with one attached hydrogen (secondary N) is 3. The van der Waals surface area contributed by atoms with E-state index >= 15 is 0 Å². The van der Waals surface area contributed by atoms with Gasteiger partial charge in [-0.1, -0.05) is 48.0 Å². The maximum atomic E-state index is 12.2. The molecule has 0 radical (unpaired) electrons. The molecule has 0 heterocycles. The molecule has 0 aromatic heterocycles. The van der Waals surface area contributed by atoms with Crippen molar-refractivity contribution < 1.29 is 4.79 Å². The van der Waals surface area contributed by atoms with E-state index in [4.69, 9.17) is 0 Å². The topological polar surface area (TPSA) is 53.2 Å². The van der Waals surface area contributed by atoms with Gasteiger partial charge in [0.05, 0.1) is 11.4 Å². The van der Waals surface area contributed by atoms with E-state index in [-0.39, 0.29) is 6.03 Å². The summed E-state index contributed by atoms with van der Waals surface area (Å²) in [5.41, 5.74) is 3.47. The minimum absolute atomic E-state index is 0.275. The Morgan fingerprint density at radius 3 is 2.12 bits per heavy atom. The first-order valence-electron chi connectivity index (χ1n) is 7.92. The number of amides is 2. The SMILES string of the molecule is Cc1ccc(NC(=O)Nc2ccccc2NSc2ccccc2)cc1. The van der Waals surface area contributed by atoms with E-state index in [0.29, 0.717) is 0 Å². The van der Waals surface area contributed by atoms with Gasteiger partial charge >= 0.3 is 6.03 Å². The molecule has 0 atom stereocenters.